The number of carboxylic acids is 1. The second-order valence-corrected chi connectivity index (χ2v) is 6.28. The standard InChI is InChI=1S/C17H27NO2/c1-12(2)10-15(14-8-6-5-7-9-14)18-16(17(19)20)11-13(3)4/h5-9,12-13,15-16,18H,10-11H2,1-4H3,(H,19,20). The second kappa shape index (κ2) is 8.05. The summed E-state index contributed by atoms with van der Waals surface area (Å²) >= 11 is 0. The largest absolute Gasteiger partial charge is 0.480 e. The summed E-state index contributed by atoms with van der Waals surface area (Å²) in [4.78, 5) is 11.4. The molecule has 2 atom stereocenters. The van der Waals surface area contributed by atoms with Crippen LogP contribution in [0.4, 0.5) is 0 Å². The fraction of sp³-hybridized carbons (Fsp3) is 0.588. The maximum Gasteiger partial charge on any atom is 0.320 e. The van der Waals surface area contributed by atoms with Crippen molar-refractivity contribution in [1.82, 2.24) is 5.32 Å². The molecular formula is C17H27NO2. The lowest BCUT2D eigenvalue weighted by Crippen LogP contribution is -2.40. The van der Waals surface area contributed by atoms with E-state index in [4.69, 9.17) is 0 Å². The normalized spacial score (nSPS) is 14.5. The zero-order valence-corrected chi connectivity index (χ0v) is 13.0. The maximum absolute atomic E-state index is 11.4. The third-order valence-electron chi connectivity index (χ3n) is 3.32. The van der Waals surface area contributed by atoms with Crippen LogP contribution in [-0.2, 0) is 4.79 Å². The van der Waals surface area contributed by atoms with Crippen molar-refractivity contribution < 1.29 is 9.90 Å². The number of nitrogens with one attached hydrogen (secondary N) is 1. The highest BCUT2D eigenvalue weighted by Crippen LogP contribution is 2.22. The van der Waals surface area contributed by atoms with Crippen LogP contribution in [0, 0.1) is 11.8 Å². The van der Waals surface area contributed by atoms with Crippen molar-refractivity contribution in [3.05, 3.63) is 35.9 Å². The predicted octanol–water partition coefficient (Wildman–Crippen LogP) is 3.86. The van der Waals surface area contributed by atoms with Gasteiger partial charge in [-0.15, -0.1) is 0 Å². The lowest BCUT2D eigenvalue weighted by molar-refractivity contribution is -0.140. The van der Waals surface area contributed by atoms with Crippen LogP contribution in [0.25, 0.3) is 0 Å². The molecule has 0 saturated carbocycles. The minimum Gasteiger partial charge on any atom is -0.480 e. The van der Waals surface area contributed by atoms with Crippen LogP contribution in [0.3, 0.4) is 0 Å². The summed E-state index contributed by atoms with van der Waals surface area (Å²) in [6.45, 7) is 8.43. The minimum absolute atomic E-state index is 0.0936. The first-order valence-electron chi connectivity index (χ1n) is 7.44. The van der Waals surface area contributed by atoms with Crippen molar-refractivity contribution in [1.29, 1.82) is 0 Å². The van der Waals surface area contributed by atoms with Gasteiger partial charge in [-0.1, -0.05) is 58.0 Å². The number of carbonyl (C=O) groups is 1. The smallest absolute Gasteiger partial charge is 0.320 e. The lowest BCUT2D eigenvalue weighted by atomic mass is 9.94. The van der Waals surface area contributed by atoms with Crippen LogP contribution < -0.4 is 5.32 Å². The third kappa shape index (κ3) is 5.74. The van der Waals surface area contributed by atoms with E-state index in [1.165, 1.54) is 0 Å². The van der Waals surface area contributed by atoms with Gasteiger partial charge in [-0.05, 0) is 30.2 Å². The van der Waals surface area contributed by atoms with Gasteiger partial charge in [0.05, 0.1) is 0 Å². The van der Waals surface area contributed by atoms with Gasteiger partial charge >= 0.3 is 5.97 Å². The number of carboxylic acid groups (broad SMARTS) is 1. The van der Waals surface area contributed by atoms with Crippen LogP contribution in [0.15, 0.2) is 30.3 Å². The van der Waals surface area contributed by atoms with Gasteiger partial charge < -0.3 is 5.11 Å². The lowest BCUT2D eigenvalue weighted by Gasteiger charge is -2.26. The number of benzene rings is 1. The molecule has 1 rings (SSSR count). The molecule has 2 N–H and O–H groups in total. The molecule has 1 aromatic rings. The Morgan fingerprint density at radius 3 is 2.05 bits per heavy atom. The molecule has 1 aromatic carbocycles. The zero-order valence-electron chi connectivity index (χ0n) is 13.0. The van der Waals surface area contributed by atoms with Gasteiger partial charge in [0.15, 0.2) is 0 Å². The number of hydrogen-bond acceptors (Lipinski definition) is 2. The van der Waals surface area contributed by atoms with E-state index in [0.717, 1.165) is 12.0 Å². The molecule has 3 nitrogen and oxygen atoms in total. The topological polar surface area (TPSA) is 49.3 Å². The Bertz CT molecular complexity index is 401. The average Bonchev–Trinajstić information content (AvgIpc) is 2.37. The second-order valence-electron chi connectivity index (χ2n) is 6.28. The highest BCUT2D eigenvalue weighted by Gasteiger charge is 2.23. The Morgan fingerprint density at radius 2 is 1.60 bits per heavy atom. The summed E-state index contributed by atoms with van der Waals surface area (Å²) in [5, 5.41) is 12.7. The SMILES string of the molecule is CC(C)CC(NC(CC(C)C)c1ccccc1)C(=O)O. The Morgan fingerprint density at radius 1 is 1.05 bits per heavy atom. The molecule has 0 fully saturated rings. The predicted molar refractivity (Wildman–Crippen MR) is 82.7 cm³/mol. The summed E-state index contributed by atoms with van der Waals surface area (Å²) < 4.78 is 0. The summed E-state index contributed by atoms with van der Waals surface area (Å²) in [5.41, 5.74) is 1.16. The molecule has 3 heteroatoms. The highest BCUT2D eigenvalue weighted by atomic mass is 16.4. The molecule has 0 aliphatic carbocycles. The molecule has 0 radical (unpaired) electrons. The molecule has 0 amide bonds. The van der Waals surface area contributed by atoms with E-state index in [9.17, 15) is 9.90 Å². The van der Waals surface area contributed by atoms with Crippen LogP contribution in [-0.4, -0.2) is 17.1 Å². The van der Waals surface area contributed by atoms with Crippen molar-refractivity contribution in [2.24, 2.45) is 11.8 Å². The molecular weight excluding hydrogens is 250 g/mol. The Balaban J connectivity index is 2.85. The number of hydrogen-bond donors (Lipinski definition) is 2. The number of aliphatic carboxylic acids is 1. The summed E-state index contributed by atoms with van der Waals surface area (Å²) in [6, 6.07) is 9.72. The summed E-state index contributed by atoms with van der Waals surface area (Å²) in [6.07, 6.45) is 1.59. The van der Waals surface area contributed by atoms with E-state index in [1.807, 2.05) is 18.2 Å². The Hall–Kier alpha value is -1.35. The Labute approximate surface area is 122 Å². The quantitative estimate of drug-likeness (QED) is 0.758. The average molecular weight is 277 g/mol. The monoisotopic (exact) mass is 277 g/mol. The van der Waals surface area contributed by atoms with Crippen molar-refractivity contribution >= 4 is 5.97 Å². The van der Waals surface area contributed by atoms with Gasteiger partial charge in [0.1, 0.15) is 6.04 Å². The van der Waals surface area contributed by atoms with Gasteiger partial charge in [0.25, 0.3) is 0 Å². The molecule has 0 aromatic heterocycles. The first kappa shape index (κ1) is 16.7. The van der Waals surface area contributed by atoms with Crippen molar-refractivity contribution in [2.75, 3.05) is 0 Å². The van der Waals surface area contributed by atoms with Gasteiger partial charge in [-0.25, -0.2) is 0 Å². The van der Waals surface area contributed by atoms with Crippen LogP contribution in [0.5, 0.6) is 0 Å². The third-order valence-corrected chi connectivity index (χ3v) is 3.32. The molecule has 2 unspecified atom stereocenters. The molecule has 0 bridgehead atoms. The fourth-order valence-electron chi connectivity index (χ4n) is 2.41. The van der Waals surface area contributed by atoms with E-state index in [2.05, 4.69) is 45.1 Å². The molecule has 0 spiro atoms. The van der Waals surface area contributed by atoms with Gasteiger partial charge in [-0.3, -0.25) is 10.1 Å². The maximum atomic E-state index is 11.4. The molecule has 0 saturated heterocycles. The first-order chi connectivity index (χ1) is 9.40. The van der Waals surface area contributed by atoms with Gasteiger partial charge in [-0.2, -0.15) is 0 Å². The molecule has 0 aliphatic rings. The van der Waals surface area contributed by atoms with E-state index in [0.29, 0.717) is 18.3 Å². The summed E-state index contributed by atoms with van der Waals surface area (Å²) in [7, 11) is 0. The van der Waals surface area contributed by atoms with Crippen LogP contribution >= 0.6 is 0 Å². The van der Waals surface area contributed by atoms with Gasteiger partial charge in [0, 0.05) is 6.04 Å². The Kier molecular flexibility index (Phi) is 6.73. The van der Waals surface area contributed by atoms with Crippen LogP contribution in [0.1, 0.15) is 52.1 Å². The van der Waals surface area contributed by atoms with Crippen molar-refractivity contribution in [3.8, 4) is 0 Å². The van der Waals surface area contributed by atoms with E-state index in [-0.39, 0.29) is 6.04 Å². The van der Waals surface area contributed by atoms with Gasteiger partial charge in [0.2, 0.25) is 0 Å². The molecule has 20 heavy (non-hydrogen) atoms. The van der Waals surface area contributed by atoms with E-state index < -0.39 is 12.0 Å². The number of rotatable bonds is 8. The van der Waals surface area contributed by atoms with Crippen LogP contribution in [0.2, 0.25) is 0 Å². The van der Waals surface area contributed by atoms with E-state index in [1.54, 1.807) is 0 Å². The summed E-state index contributed by atoms with van der Waals surface area (Å²) in [5.74, 6) is 0.115. The zero-order chi connectivity index (χ0) is 15.1. The first-order valence-corrected chi connectivity index (χ1v) is 7.44. The molecule has 0 heterocycles. The fourth-order valence-corrected chi connectivity index (χ4v) is 2.41. The van der Waals surface area contributed by atoms with Crippen molar-refractivity contribution in [3.63, 3.8) is 0 Å². The highest BCUT2D eigenvalue weighted by molar-refractivity contribution is 5.73. The molecule has 112 valence electrons. The van der Waals surface area contributed by atoms with Crippen molar-refractivity contribution in [2.45, 2.75) is 52.6 Å². The van der Waals surface area contributed by atoms with E-state index >= 15 is 0 Å². The minimum atomic E-state index is -0.761. The molecule has 0 aliphatic heterocycles.